The van der Waals surface area contributed by atoms with Gasteiger partial charge in [0.1, 0.15) is 0 Å². The molecule has 0 fully saturated rings. The van der Waals surface area contributed by atoms with Gasteiger partial charge < -0.3 is 0 Å². The van der Waals surface area contributed by atoms with Gasteiger partial charge in [-0.3, -0.25) is 0 Å². The van der Waals surface area contributed by atoms with Crippen LogP contribution in [0.4, 0.5) is 0 Å². The number of hydrogen-bond acceptors (Lipinski definition) is 3. The van der Waals surface area contributed by atoms with Gasteiger partial charge in [0, 0.05) is 16.7 Å². The zero-order chi connectivity index (χ0) is 34.4. The van der Waals surface area contributed by atoms with E-state index in [0.717, 1.165) is 27.8 Å². The van der Waals surface area contributed by atoms with E-state index in [1.54, 1.807) is 0 Å². The predicted molar refractivity (Wildman–Crippen MR) is 214 cm³/mol. The first kappa shape index (κ1) is 29.9. The Hall–Kier alpha value is -6.97. The molecule has 1 aromatic heterocycles. The molecule has 52 heavy (non-hydrogen) atoms. The minimum absolute atomic E-state index is 0.647. The molecule has 0 spiro atoms. The standard InChI is InChI=1S/C49H31N3/c1-4-13-34(14-5-1)43-30-40(31-44-41-23-11-19-35-20-12-24-42(45(35)41)46(43)44)33-27-25-32(26-28-33)38-21-10-22-39(29-38)49-51-47(36-15-6-2-7-16-36)50-48(52-49)37-17-8-3-9-18-37/h1-31H. The Labute approximate surface area is 302 Å². The van der Waals surface area contributed by atoms with Crippen molar-refractivity contribution in [1.82, 2.24) is 15.0 Å². The van der Waals surface area contributed by atoms with E-state index in [1.807, 2.05) is 60.7 Å². The molecule has 0 saturated carbocycles. The van der Waals surface area contributed by atoms with Crippen LogP contribution in [-0.4, -0.2) is 15.0 Å². The fourth-order valence-corrected chi connectivity index (χ4v) is 7.56. The number of fused-ring (bicyclic) bond motifs is 3. The molecule has 3 nitrogen and oxygen atoms in total. The van der Waals surface area contributed by atoms with Crippen molar-refractivity contribution in [2.45, 2.75) is 0 Å². The summed E-state index contributed by atoms with van der Waals surface area (Å²) in [4.78, 5) is 14.8. The van der Waals surface area contributed by atoms with Gasteiger partial charge in [0.15, 0.2) is 17.5 Å². The van der Waals surface area contributed by atoms with Crippen LogP contribution in [0.15, 0.2) is 188 Å². The number of nitrogens with zero attached hydrogens (tertiary/aromatic N) is 3. The lowest BCUT2D eigenvalue weighted by Gasteiger charge is -2.15. The molecule has 1 aliphatic rings. The van der Waals surface area contributed by atoms with Crippen LogP contribution in [0, 0.1) is 0 Å². The zero-order valence-corrected chi connectivity index (χ0v) is 28.2. The summed E-state index contributed by atoms with van der Waals surface area (Å²) in [7, 11) is 0. The van der Waals surface area contributed by atoms with Crippen molar-refractivity contribution in [3.8, 4) is 89.8 Å². The largest absolute Gasteiger partial charge is 0.208 e. The van der Waals surface area contributed by atoms with Crippen LogP contribution in [0.25, 0.3) is 101 Å². The van der Waals surface area contributed by atoms with Crippen molar-refractivity contribution in [3.63, 3.8) is 0 Å². The van der Waals surface area contributed by atoms with E-state index in [1.165, 1.54) is 55.3 Å². The second-order valence-corrected chi connectivity index (χ2v) is 13.2. The van der Waals surface area contributed by atoms with Crippen molar-refractivity contribution in [2.75, 3.05) is 0 Å². The van der Waals surface area contributed by atoms with Crippen molar-refractivity contribution in [1.29, 1.82) is 0 Å². The third-order valence-electron chi connectivity index (χ3n) is 10.1. The fourth-order valence-electron chi connectivity index (χ4n) is 7.56. The van der Waals surface area contributed by atoms with Crippen LogP contribution in [0.2, 0.25) is 0 Å². The Kier molecular flexibility index (Phi) is 7.14. The summed E-state index contributed by atoms with van der Waals surface area (Å²) in [5.74, 6) is 1.96. The molecule has 0 radical (unpaired) electrons. The molecule has 10 rings (SSSR count). The number of rotatable bonds is 6. The summed E-state index contributed by atoms with van der Waals surface area (Å²) >= 11 is 0. The molecule has 3 heteroatoms. The molecule has 0 N–H and O–H groups in total. The average molecular weight is 662 g/mol. The third kappa shape index (κ3) is 5.19. The summed E-state index contributed by atoms with van der Waals surface area (Å²) in [5, 5.41) is 2.62. The Bertz CT molecular complexity index is 2690. The first-order valence-electron chi connectivity index (χ1n) is 17.6. The summed E-state index contributed by atoms with van der Waals surface area (Å²) in [6.45, 7) is 0. The molecule has 1 aliphatic carbocycles. The molecule has 8 aromatic carbocycles. The van der Waals surface area contributed by atoms with Crippen LogP contribution in [0.1, 0.15) is 0 Å². The van der Waals surface area contributed by atoms with Crippen LogP contribution in [-0.2, 0) is 0 Å². The van der Waals surface area contributed by atoms with Crippen molar-refractivity contribution in [2.24, 2.45) is 0 Å². The molecule has 1 heterocycles. The quantitative estimate of drug-likeness (QED) is 0.178. The van der Waals surface area contributed by atoms with E-state index in [4.69, 9.17) is 15.0 Å². The lowest BCUT2D eigenvalue weighted by molar-refractivity contribution is 1.07. The highest BCUT2D eigenvalue weighted by molar-refractivity contribution is 6.18. The first-order chi connectivity index (χ1) is 25.8. The van der Waals surface area contributed by atoms with Crippen LogP contribution < -0.4 is 0 Å². The Balaban J connectivity index is 1.04. The van der Waals surface area contributed by atoms with Gasteiger partial charge in [-0.2, -0.15) is 0 Å². The summed E-state index contributed by atoms with van der Waals surface area (Å²) in [6, 6.07) is 66.4. The highest BCUT2D eigenvalue weighted by Crippen LogP contribution is 2.52. The van der Waals surface area contributed by atoms with Crippen molar-refractivity contribution >= 4 is 10.8 Å². The molecule has 242 valence electrons. The summed E-state index contributed by atoms with van der Waals surface area (Å²) in [6.07, 6.45) is 0. The van der Waals surface area contributed by atoms with Crippen molar-refractivity contribution < 1.29 is 0 Å². The molecular weight excluding hydrogens is 631 g/mol. The minimum Gasteiger partial charge on any atom is -0.208 e. The summed E-state index contributed by atoms with van der Waals surface area (Å²) in [5.41, 5.74) is 15.2. The van der Waals surface area contributed by atoms with E-state index in [0.29, 0.717) is 17.5 Å². The zero-order valence-electron chi connectivity index (χ0n) is 28.2. The van der Waals surface area contributed by atoms with Crippen molar-refractivity contribution in [3.05, 3.63) is 188 Å². The Morgan fingerprint density at radius 2 is 0.712 bits per heavy atom. The van der Waals surface area contributed by atoms with Gasteiger partial charge in [0.2, 0.25) is 0 Å². The average Bonchev–Trinajstić information content (AvgIpc) is 3.56. The summed E-state index contributed by atoms with van der Waals surface area (Å²) < 4.78 is 0. The molecule has 0 unspecified atom stereocenters. The monoisotopic (exact) mass is 661 g/mol. The van der Waals surface area contributed by atoms with E-state index < -0.39 is 0 Å². The molecular formula is C49H31N3. The lowest BCUT2D eigenvalue weighted by Crippen LogP contribution is -2.00. The third-order valence-corrected chi connectivity index (χ3v) is 10.1. The Morgan fingerprint density at radius 1 is 0.250 bits per heavy atom. The highest BCUT2D eigenvalue weighted by Gasteiger charge is 2.25. The smallest absolute Gasteiger partial charge is 0.164 e. The maximum Gasteiger partial charge on any atom is 0.164 e. The van der Waals surface area contributed by atoms with Gasteiger partial charge >= 0.3 is 0 Å². The Morgan fingerprint density at radius 3 is 1.33 bits per heavy atom. The fraction of sp³-hybridized carbons (Fsp3) is 0. The normalized spacial score (nSPS) is 11.5. The number of aromatic nitrogens is 3. The molecule has 0 bridgehead atoms. The second-order valence-electron chi connectivity index (χ2n) is 13.2. The molecule has 0 saturated heterocycles. The maximum absolute atomic E-state index is 4.96. The minimum atomic E-state index is 0.647. The maximum atomic E-state index is 4.96. The lowest BCUT2D eigenvalue weighted by atomic mass is 9.89. The van der Waals surface area contributed by atoms with E-state index in [-0.39, 0.29) is 0 Å². The van der Waals surface area contributed by atoms with Gasteiger partial charge in [-0.25, -0.2) is 15.0 Å². The topological polar surface area (TPSA) is 38.7 Å². The highest BCUT2D eigenvalue weighted by atomic mass is 15.0. The van der Waals surface area contributed by atoms with Crippen LogP contribution >= 0.6 is 0 Å². The number of benzene rings is 8. The van der Waals surface area contributed by atoms with E-state index in [2.05, 4.69) is 127 Å². The first-order valence-corrected chi connectivity index (χ1v) is 17.6. The van der Waals surface area contributed by atoms with Gasteiger partial charge in [-0.15, -0.1) is 0 Å². The molecule has 9 aromatic rings. The van der Waals surface area contributed by atoms with E-state index >= 15 is 0 Å². The number of hydrogen-bond donors (Lipinski definition) is 0. The van der Waals surface area contributed by atoms with Gasteiger partial charge in [-0.1, -0.05) is 170 Å². The van der Waals surface area contributed by atoms with Gasteiger partial charge in [0.05, 0.1) is 0 Å². The second kappa shape index (κ2) is 12.4. The van der Waals surface area contributed by atoms with Crippen LogP contribution in [0.5, 0.6) is 0 Å². The predicted octanol–water partition coefficient (Wildman–Crippen LogP) is 12.7. The van der Waals surface area contributed by atoms with E-state index in [9.17, 15) is 0 Å². The SMILES string of the molecule is c1ccc(-c2nc(-c3ccccc3)nc(-c3cccc(-c4ccc(-c5cc(-c6ccccc6)c6c(c5)-c5cccc7cccc-6c57)cc4)c3)n2)cc1. The molecule has 0 atom stereocenters. The van der Waals surface area contributed by atoms with Gasteiger partial charge in [0.25, 0.3) is 0 Å². The molecule has 0 amide bonds. The van der Waals surface area contributed by atoms with Crippen LogP contribution in [0.3, 0.4) is 0 Å². The molecule has 0 aliphatic heterocycles. The van der Waals surface area contributed by atoms with Gasteiger partial charge in [-0.05, 0) is 84.6 Å².